The molecule has 0 radical (unpaired) electrons. The molecule has 0 amide bonds. The minimum atomic E-state index is -1.27. The normalized spacial score (nSPS) is 18.2. The second kappa shape index (κ2) is 6.20. The molecule has 0 bridgehead atoms. The summed E-state index contributed by atoms with van der Waals surface area (Å²) >= 11 is 0. The SMILES string of the molecule is CCCCN[Si](C)(C)CC1C(C)=C(C)C(C)=C1C. The number of allylic oxidation sites excluding steroid dienone is 4. The molecule has 0 heterocycles. The van der Waals surface area contributed by atoms with E-state index < -0.39 is 8.24 Å². The first kappa shape index (κ1) is 15.7. The molecule has 1 rings (SSSR count). The van der Waals surface area contributed by atoms with Crippen molar-refractivity contribution in [2.75, 3.05) is 6.54 Å². The Hall–Kier alpha value is -0.343. The highest BCUT2D eigenvalue weighted by molar-refractivity contribution is 6.75. The van der Waals surface area contributed by atoms with Gasteiger partial charge in [0.1, 0.15) is 8.24 Å². The molecule has 0 aromatic heterocycles. The summed E-state index contributed by atoms with van der Waals surface area (Å²) in [6.45, 7) is 17.7. The Morgan fingerprint density at radius 2 is 1.50 bits per heavy atom. The van der Waals surface area contributed by atoms with Crippen LogP contribution < -0.4 is 4.98 Å². The highest BCUT2D eigenvalue weighted by Crippen LogP contribution is 2.40. The van der Waals surface area contributed by atoms with Crippen LogP contribution in [0.1, 0.15) is 47.5 Å². The van der Waals surface area contributed by atoms with Gasteiger partial charge in [-0.05, 0) is 57.9 Å². The predicted octanol–water partition coefficient (Wildman–Crippen LogP) is 4.88. The number of hydrogen-bond donors (Lipinski definition) is 1. The summed E-state index contributed by atoms with van der Waals surface area (Å²) in [7, 11) is -1.27. The molecule has 104 valence electrons. The molecular formula is C16H31NSi. The van der Waals surface area contributed by atoms with Crippen molar-refractivity contribution in [1.82, 2.24) is 4.98 Å². The zero-order valence-electron chi connectivity index (χ0n) is 13.4. The van der Waals surface area contributed by atoms with E-state index in [1.165, 1.54) is 36.6 Å². The molecule has 2 heteroatoms. The largest absolute Gasteiger partial charge is 0.337 e. The second-order valence-corrected chi connectivity index (χ2v) is 11.1. The molecule has 1 aliphatic carbocycles. The molecule has 0 fully saturated rings. The molecular weight excluding hydrogens is 234 g/mol. The van der Waals surface area contributed by atoms with E-state index in [0.29, 0.717) is 5.92 Å². The number of unbranched alkanes of at least 4 members (excludes halogenated alkanes) is 1. The van der Waals surface area contributed by atoms with Gasteiger partial charge in [0.25, 0.3) is 0 Å². The fraction of sp³-hybridized carbons (Fsp3) is 0.750. The molecule has 1 nitrogen and oxygen atoms in total. The zero-order chi connectivity index (χ0) is 13.9. The quantitative estimate of drug-likeness (QED) is 0.533. The maximum absolute atomic E-state index is 3.85. The van der Waals surface area contributed by atoms with Crippen molar-refractivity contribution in [3.63, 3.8) is 0 Å². The number of rotatable bonds is 6. The van der Waals surface area contributed by atoms with Crippen LogP contribution in [-0.2, 0) is 0 Å². The first-order chi connectivity index (χ1) is 8.30. The zero-order valence-corrected chi connectivity index (χ0v) is 14.4. The molecule has 0 aliphatic heterocycles. The Balaban J connectivity index is 2.68. The maximum Gasteiger partial charge on any atom is 0.120 e. The van der Waals surface area contributed by atoms with Gasteiger partial charge in [0.05, 0.1) is 0 Å². The van der Waals surface area contributed by atoms with Gasteiger partial charge in [0.2, 0.25) is 0 Å². The molecule has 0 aromatic rings. The van der Waals surface area contributed by atoms with Gasteiger partial charge in [0.15, 0.2) is 0 Å². The Kier molecular flexibility index (Phi) is 5.41. The van der Waals surface area contributed by atoms with Crippen LogP contribution >= 0.6 is 0 Å². The van der Waals surface area contributed by atoms with E-state index in [9.17, 15) is 0 Å². The van der Waals surface area contributed by atoms with Crippen LogP contribution in [0.4, 0.5) is 0 Å². The van der Waals surface area contributed by atoms with Crippen molar-refractivity contribution in [2.24, 2.45) is 5.92 Å². The minimum Gasteiger partial charge on any atom is -0.337 e. The summed E-state index contributed by atoms with van der Waals surface area (Å²) < 4.78 is 0. The van der Waals surface area contributed by atoms with E-state index >= 15 is 0 Å². The molecule has 1 N–H and O–H groups in total. The lowest BCUT2D eigenvalue weighted by Gasteiger charge is -2.29. The van der Waals surface area contributed by atoms with Crippen molar-refractivity contribution in [2.45, 2.75) is 66.6 Å². The molecule has 0 atom stereocenters. The molecule has 0 unspecified atom stereocenters. The number of nitrogens with one attached hydrogen (secondary N) is 1. The third-order valence-corrected chi connectivity index (χ3v) is 7.28. The molecule has 0 saturated carbocycles. The minimum absolute atomic E-state index is 0.709. The maximum atomic E-state index is 3.85. The Labute approximate surface area is 115 Å². The van der Waals surface area contributed by atoms with E-state index in [2.05, 4.69) is 52.7 Å². The third-order valence-electron chi connectivity index (χ3n) is 4.64. The van der Waals surface area contributed by atoms with E-state index in [1.54, 1.807) is 11.1 Å². The summed E-state index contributed by atoms with van der Waals surface area (Å²) in [6.07, 6.45) is 2.60. The second-order valence-electron chi connectivity index (χ2n) is 6.54. The smallest absolute Gasteiger partial charge is 0.120 e. The predicted molar refractivity (Wildman–Crippen MR) is 85.4 cm³/mol. The van der Waals surface area contributed by atoms with Crippen LogP contribution in [0.15, 0.2) is 22.3 Å². The molecule has 0 aromatic carbocycles. The Morgan fingerprint density at radius 3 is 1.94 bits per heavy atom. The van der Waals surface area contributed by atoms with E-state index in [4.69, 9.17) is 0 Å². The third kappa shape index (κ3) is 3.58. The van der Waals surface area contributed by atoms with E-state index in [-0.39, 0.29) is 0 Å². The van der Waals surface area contributed by atoms with E-state index in [0.717, 1.165) is 0 Å². The van der Waals surface area contributed by atoms with Crippen LogP contribution in [0, 0.1) is 5.92 Å². The molecule has 18 heavy (non-hydrogen) atoms. The van der Waals surface area contributed by atoms with Crippen LogP contribution in [0.2, 0.25) is 19.1 Å². The van der Waals surface area contributed by atoms with Crippen molar-refractivity contribution in [3.05, 3.63) is 22.3 Å². The first-order valence-corrected chi connectivity index (χ1v) is 10.6. The van der Waals surface area contributed by atoms with Gasteiger partial charge in [-0.15, -0.1) is 0 Å². The monoisotopic (exact) mass is 265 g/mol. The van der Waals surface area contributed by atoms with Gasteiger partial charge in [-0.3, -0.25) is 0 Å². The summed E-state index contributed by atoms with van der Waals surface area (Å²) in [5.74, 6) is 0.709. The van der Waals surface area contributed by atoms with Crippen molar-refractivity contribution in [3.8, 4) is 0 Å². The average molecular weight is 266 g/mol. The molecule has 0 spiro atoms. The lowest BCUT2D eigenvalue weighted by molar-refractivity contribution is 0.728. The van der Waals surface area contributed by atoms with Gasteiger partial charge in [0, 0.05) is 5.92 Å². The van der Waals surface area contributed by atoms with Crippen LogP contribution in [0.3, 0.4) is 0 Å². The fourth-order valence-corrected chi connectivity index (χ4v) is 5.56. The summed E-state index contributed by atoms with van der Waals surface area (Å²) in [5.41, 5.74) is 6.30. The van der Waals surface area contributed by atoms with Gasteiger partial charge >= 0.3 is 0 Å². The van der Waals surface area contributed by atoms with Gasteiger partial charge in [-0.1, -0.05) is 37.6 Å². The summed E-state index contributed by atoms with van der Waals surface area (Å²) in [6, 6.07) is 1.35. The van der Waals surface area contributed by atoms with E-state index in [1.807, 2.05) is 0 Å². The van der Waals surface area contributed by atoms with Crippen LogP contribution in [0.25, 0.3) is 0 Å². The number of hydrogen-bond acceptors (Lipinski definition) is 1. The lowest BCUT2D eigenvalue weighted by atomic mass is 9.99. The van der Waals surface area contributed by atoms with Crippen LogP contribution in [0.5, 0.6) is 0 Å². The van der Waals surface area contributed by atoms with Gasteiger partial charge in [-0.2, -0.15) is 0 Å². The molecule has 1 aliphatic rings. The Morgan fingerprint density at radius 1 is 1.00 bits per heavy atom. The summed E-state index contributed by atoms with van der Waals surface area (Å²) in [5, 5.41) is 0. The highest BCUT2D eigenvalue weighted by Gasteiger charge is 2.31. The first-order valence-electron chi connectivity index (χ1n) is 7.40. The van der Waals surface area contributed by atoms with Crippen molar-refractivity contribution in [1.29, 1.82) is 0 Å². The Bertz CT molecular complexity index is 339. The average Bonchev–Trinajstić information content (AvgIpc) is 2.47. The van der Waals surface area contributed by atoms with Crippen LogP contribution in [-0.4, -0.2) is 14.8 Å². The van der Waals surface area contributed by atoms with Crippen molar-refractivity contribution >= 4 is 8.24 Å². The topological polar surface area (TPSA) is 12.0 Å². The highest BCUT2D eigenvalue weighted by atomic mass is 28.3. The van der Waals surface area contributed by atoms with Crippen molar-refractivity contribution < 1.29 is 0 Å². The summed E-state index contributed by atoms with van der Waals surface area (Å²) in [4.78, 5) is 3.85. The van der Waals surface area contributed by atoms with Gasteiger partial charge in [-0.25, -0.2) is 0 Å². The lowest BCUT2D eigenvalue weighted by Crippen LogP contribution is -2.46. The fourth-order valence-electron chi connectivity index (χ4n) is 2.93. The molecule has 0 saturated heterocycles. The van der Waals surface area contributed by atoms with Gasteiger partial charge < -0.3 is 4.98 Å². The standard InChI is InChI=1S/C16H31NSi/c1-8-9-10-17-18(6,7)11-16-14(4)12(2)13(3)15(16)5/h16-17H,8-11H2,1-7H3.